The highest BCUT2D eigenvalue weighted by molar-refractivity contribution is 6.04. The highest BCUT2D eigenvalue weighted by Gasteiger charge is 2.15. The minimum absolute atomic E-state index is 0.274. The topological polar surface area (TPSA) is 110 Å². The molecular weight excluding hydrogens is 382 g/mol. The maximum Gasteiger partial charge on any atom is 0.274 e. The molecule has 0 bridgehead atoms. The summed E-state index contributed by atoms with van der Waals surface area (Å²) >= 11 is 0. The zero-order chi connectivity index (χ0) is 20.5. The number of H-pyrrole nitrogens is 1. The highest BCUT2D eigenvalue weighted by Crippen LogP contribution is 2.23. The molecule has 0 spiro atoms. The van der Waals surface area contributed by atoms with Crippen LogP contribution in [-0.4, -0.2) is 35.2 Å². The quantitative estimate of drug-likeness (QED) is 0.484. The number of nitrogens with zero attached hydrogens (tertiary/aromatic N) is 5. The van der Waals surface area contributed by atoms with Gasteiger partial charge in [0.25, 0.3) is 11.5 Å². The number of pyridine rings is 1. The molecule has 146 valence electrons. The molecule has 0 aliphatic heterocycles. The van der Waals surface area contributed by atoms with Gasteiger partial charge in [-0.15, -0.1) is 0 Å². The molecule has 1 amide bonds. The van der Waals surface area contributed by atoms with E-state index in [2.05, 4.69) is 25.4 Å². The number of anilines is 1. The van der Waals surface area contributed by atoms with Gasteiger partial charge in [0.15, 0.2) is 5.65 Å². The van der Waals surface area contributed by atoms with E-state index in [-0.39, 0.29) is 17.2 Å². The Morgan fingerprint density at radius 3 is 2.73 bits per heavy atom. The predicted octanol–water partition coefficient (Wildman–Crippen LogP) is 2.55. The maximum absolute atomic E-state index is 12.9. The average Bonchev–Trinajstić information content (AvgIpc) is 3.45. The van der Waals surface area contributed by atoms with Crippen LogP contribution in [0.1, 0.15) is 10.5 Å². The molecular formula is C21H15N7O2. The first-order valence-corrected chi connectivity index (χ1v) is 9.12. The summed E-state index contributed by atoms with van der Waals surface area (Å²) in [5.74, 6) is -0.362. The first-order chi connectivity index (χ1) is 14.7. The summed E-state index contributed by atoms with van der Waals surface area (Å²) in [4.78, 5) is 35.8. The molecule has 0 saturated carbocycles. The number of benzene rings is 1. The molecule has 4 heterocycles. The number of para-hydroxylation sites is 2. The molecule has 5 rings (SSSR count). The first-order valence-electron chi connectivity index (χ1n) is 9.12. The number of hydrogen-bond acceptors (Lipinski definition) is 5. The van der Waals surface area contributed by atoms with E-state index in [4.69, 9.17) is 0 Å². The van der Waals surface area contributed by atoms with Crippen LogP contribution in [0.25, 0.3) is 22.4 Å². The lowest BCUT2D eigenvalue weighted by atomic mass is 10.2. The van der Waals surface area contributed by atoms with Crippen molar-refractivity contribution >= 4 is 22.6 Å². The first kappa shape index (κ1) is 17.6. The molecule has 0 aliphatic carbocycles. The number of carbonyl (C=O) groups excluding carboxylic acids is 1. The summed E-state index contributed by atoms with van der Waals surface area (Å²) in [6, 6.07) is 14.5. The van der Waals surface area contributed by atoms with Crippen LogP contribution in [0.5, 0.6) is 0 Å². The van der Waals surface area contributed by atoms with Gasteiger partial charge in [-0.1, -0.05) is 12.1 Å². The van der Waals surface area contributed by atoms with Crippen molar-refractivity contribution in [2.24, 2.45) is 0 Å². The van der Waals surface area contributed by atoms with Gasteiger partial charge in [-0.05, 0) is 36.4 Å². The van der Waals surface area contributed by atoms with Gasteiger partial charge < -0.3 is 14.9 Å². The summed E-state index contributed by atoms with van der Waals surface area (Å²) in [5.41, 5.74) is 2.32. The van der Waals surface area contributed by atoms with Crippen LogP contribution >= 0.6 is 0 Å². The number of amides is 1. The lowest BCUT2D eigenvalue weighted by Crippen LogP contribution is -2.16. The minimum Gasteiger partial charge on any atom is -0.324 e. The second-order valence-electron chi connectivity index (χ2n) is 6.49. The average molecular weight is 397 g/mol. The SMILES string of the molecule is O=C(Nc1ccccc1-n1ncc2c(=O)[nH]cnc21)c1cc(-n2cccc2)ccn1. The Bertz CT molecular complexity index is 1420. The fraction of sp³-hybridized carbons (Fsp3) is 0. The molecule has 4 aromatic heterocycles. The monoisotopic (exact) mass is 397 g/mol. The van der Waals surface area contributed by atoms with Crippen molar-refractivity contribution in [2.45, 2.75) is 0 Å². The van der Waals surface area contributed by atoms with Gasteiger partial charge in [0.2, 0.25) is 0 Å². The van der Waals surface area contributed by atoms with E-state index in [0.29, 0.717) is 22.4 Å². The number of aromatic amines is 1. The van der Waals surface area contributed by atoms with Gasteiger partial charge in [0.05, 0.1) is 23.9 Å². The summed E-state index contributed by atoms with van der Waals surface area (Å²) in [6.07, 6.45) is 8.14. The Labute approximate surface area is 169 Å². The van der Waals surface area contributed by atoms with Crippen molar-refractivity contribution in [1.29, 1.82) is 0 Å². The second-order valence-corrected chi connectivity index (χ2v) is 6.49. The maximum atomic E-state index is 12.9. The molecule has 5 aromatic rings. The van der Waals surface area contributed by atoms with Crippen LogP contribution < -0.4 is 10.9 Å². The number of carbonyl (C=O) groups is 1. The van der Waals surface area contributed by atoms with Crippen LogP contribution in [0.15, 0.2) is 84.4 Å². The molecule has 9 heteroatoms. The predicted molar refractivity (Wildman–Crippen MR) is 111 cm³/mol. The van der Waals surface area contributed by atoms with Gasteiger partial charge in [0, 0.05) is 24.3 Å². The summed E-state index contributed by atoms with van der Waals surface area (Å²) in [5, 5.41) is 7.52. The van der Waals surface area contributed by atoms with Crippen molar-refractivity contribution < 1.29 is 4.79 Å². The molecule has 0 radical (unpaired) electrons. The third-order valence-corrected chi connectivity index (χ3v) is 4.63. The fourth-order valence-corrected chi connectivity index (χ4v) is 3.19. The van der Waals surface area contributed by atoms with E-state index in [9.17, 15) is 9.59 Å². The van der Waals surface area contributed by atoms with Gasteiger partial charge in [0.1, 0.15) is 11.1 Å². The summed E-state index contributed by atoms with van der Waals surface area (Å²) in [7, 11) is 0. The van der Waals surface area contributed by atoms with Gasteiger partial charge in [-0.3, -0.25) is 14.6 Å². The molecule has 9 nitrogen and oxygen atoms in total. The number of rotatable bonds is 4. The molecule has 2 N–H and O–H groups in total. The number of fused-ring (bicyclic) bond motifs is 1. The van der Waals surface area contributed by atoms with Gasteiger partial charge in [-0.2, -0.15) is 5.10 Å². The van der Waals surface area contributed by atoms with Gasteiger partial charge in [-0.25, -0.2) is 9.67 Å². The zero-order valence-electron chi connectivity index (χ0n) is 15.6. The standard InChI is InChI=1S/C21H15N7O2/c29-20-15-12-25-28(19(15)23-13-24-20)18-6-2-1-5-16(18)26-21(30)17-11-14(7-8-22-17)27-9-3-4-10-27/h1-13H,(H,26,30)(H,23,24,29). The third kappa shape index (κ3) is 3.04. The molecule has 0 aliphatic rings. The minimum atomic E-state index is -0.362. The number of nitrogens with one attached hydrogen (secondary N) is 2. The second kappa shape index (κ2) is 7.13. The Kier molecular flexibility index (Phi) is 4.18. The van der Waals surface area contributed by atoms with Crippen molar-refractivity contribution in [3.63, 3.8) is 0 Å². The van der Waals surface area contributed by atoms with Crippen molar-refractivity contribution in [3.8, 4) is 11.4 Å². The zero-order valence-corrected chi connectivity index (χ0v) is 15.6. The summed E-state index contributed by atoms with van der Waals surface area (Å²) < 4.78 is 3.41. The van der Waals surface area contributed by atoms with Crippen LogP contribution in [0.2, 0.25) is 0 Å². The van der Waals surface area contributed by atoms with Crippen LogP contribution in [0.4, 0.5) is 5.69 Å². The van der Waals surface area contributed by atoms with Crippen molar-refractivity contribution in [1.82, 2.24) is 29.3 Å². The largest absolute Gasteiger partial charge is 0.324 e. The van der Waals surface area contributed by atoms with E-state index in [1.54, 1.807) is 30.5 Å². The van der Waals surface area contributed by atoms with Crippen LogP contribution in [0.3, 0.4) is 0 Å². The normalized spacial score (nSPS) is 10.9. The Balaban J connectivity index is 1.51. The number of hydrogen-bond donors (Lipinski definition) is 2. The van der Waals surface area contributed by atoms with Crippen LogP contribution in [-0.2, 0) is 0 Å². The molecule has 0 atom stereocenters. The van der Waals surface area contributed by atoms with E-state index < -0.39 is 0 Å². The van der Waals surface area contributed by atoms with Crippen molar-refractivity contribution in [2.75, 3.05) is 5.32 Å². The molecule has 0 fully saturated rings. The van der Waals surface area contributed by atoms with E-state index >= 15 is 0 Å². The Hall–Kier alpha value is -4.53. The van der Waals surface area contributed by atoms with E-state index in [1.807, 2.05) is 41.2 Å². The van der Waals surface area contributed by atoms with Crippen molar-refractivity contribution in [3.05, 3.63) is 95.7 Å². The third-order valence-electron chi connectivity index (χ3n) is 4.63. The molecule has 0 unspecified atom stereocenters. The molecule has 0 saturated heterocycles. The van der Waals surface area contributed by atoms with E-state index in [1.165, 1.54) is 17.2 Å². The molecule has 30 heavy (non-hydrogen) atoms. The lowest BCUT2D eigenvalue weighted by Gasteiger charge is -2.12. The van der Waals surface area contributed by atoms with Gasteiger partial charge >= 0.3 is 0 Å². The van der Waals surface area contributed by atoms with E-state index in [0.717, 1.165) is 5.69 Å². The highest BCUT2D eigenvalue weighted by atomic mass is 16.2. The van der Waals surface area contributed by atoms with Crippen LogP contribution in [0, 0.1) is 0 Å². The summed E-state index contributed by atoms with van der Waals surface area (Å²) in [6.45, 7) is 0. The Morgan fingerprint density at radius 1 is 1.03 bits per heavy atom. The number of aromatic nitrogens is 6. The molecule has 1 aromatic carbocycles. The smallest absolute Gasteiger partial charge is 0.274 e. The lowest BCUT2D eigenvalue weighted by molar-refractivity contribution is 0.102. The Morgan fingerprint density at radius 2 is 1.87 bits per heavy atom. The fourth-order valence-electron chi connectivity index (χ4n) is 3.19.